The first-order chi connectivity index (χ1) is 9.81. The van der Waals surface area contributed by atoms with Gasteiger partial charge in [-0.3, -0.25) is 9.97 Å². The van der Waals surface area contributed by atoms with Crippen LogP contribution in [0.5, 0.6) is 0 Å². The molecule has 1 aromatic carbocycles. The minimum Gasteiger partial charge on any atom is -0.308 e. The number of benzene rings is 1. The number of pyridine rings is 2. The third-order valence-corrected chi connectivity index (χ3v) is 3.70. The van der Waals surface area contributed by atoms with Crippen molar-refractivity contribution in [1.82, 2.24) is 15.3 Å². The van der Waals surface area contributed by atoms with Crippen molar-refractivity contribution in [2.45, 2.75) is 6.04 Å². The van der Waals surface area contributed by atoms with Gasteiger partial charge in [-0.15, -0.1) is 0 Å². The molecule has 3 rings (SSSR count). The maximum absolute atomic E-state index is 6.28. The highest BCUT2D eigenvalue weighted by Gasteiger charge is 2.18. The number of rotatable bonds is 3. The summed E-state index contributed by atoms with van der Waals surface area (Å²) in [5, 5.41) is 6.22. The van der Waals surface area contributed by atoms with Crippen molar-refractivity contribution < 1.29 is 0 Å². The molecule has 0 aliphatic heterocycles. The molecule has 1 unspecified atom stereocenters. The first-order valence-corrected chi connectivity index (χ1v) is 6.79. The number of nitrogens with one attached hydrogen (secondary N) is 1. The Kier molecular flexibility index (Phi) is 3.63. The molecule has 0 fully saturated rings. The van der Waals surface area contributed by atoms with E-state index in [1.807, 2.05) is 37.5 Å². The van der Waals surface area contributed by atoms with Crippen molar-refractivity contribution in [3.63, 3.8) is 0 Å². The molecule has 20 heavy (non-hydrogen) atoms. The Balaban J connectivity index is 2.20. The van der Waals surface area contributed by atoms with Crippen LogP contribution in [0.2, 0.25) is 5.02 Å². The van der Waals surface area contributed by atoms with Gasteiger partial charge < -0.3 is 5.32 Å². The summed E-state index contributed by atoms with van der Waals surface area (Å²) >= 11 is 6.28. The highest BCUT2D eigenvalue weighted by Crippen LogP contribution is 2.30. The Morgan fingerprint density at radius 3 is 2.80 bits per heavy atom. The van der Waals surface area contributed by atoms with Crippen LogP contribution in [0.3, 0.4) is 0 Å². The average Bonchev–Trinajstić information content (AvgIpc) is 2.50. The molecule has 2 aromatic heterocycles. The van der Waals surface area contributed by atoms with Gasteiger partial charge in [-0.05, 0) is 36.2 Å². The third-order valence-electron chi connectivity index (χ3n) is 3.38. The fourth-order valence-corrected chi connectivity index (χ4v) is 2.67. The van der Waals surface area contributed by atoms with Crippen molar-refractivity contribution in [2.75, 3.05) is 7.05 Å². The van der Waals surface area contributed by atoms with Crippen LogP contribution < -0.4 is 5.32 Å². The van der Waals surface area contributed by atoms with E-state index in [1.54, 1.807) is 12.4 Å². The second kappa shape index (κ2) is 5.57. The van der Waals surface area contributed by atoms with Gasteiger partial charge in [-0.1, -0.05) is 29.8 Å². The van der Waals surface area contributed by atoms with Gasteiger partial charge in [0.05, 0.1) is 16.8 Å². The van der Waals surface area contributed by atoms with Crippen LogP contribution in [0.1, 0.15) is 17.3 Å². The van der Waals surface area contributed by atoms with Gasteiger partial charge in [-0.2, -0.15) is 0 Å². The van der Waals surface area contributed by atoms with Gasteiger partial charge >= 0.3 is 0 Å². The second-order valence-electron chi connectivity index (χ2n) is 4.54. The van der Waals surface area contributed by atoms with Gasteiger partial charge in [0.1, 0.15) is 0 Å². The highest BCUT2D eigenvalue weighted by atomic mass is 35.5. The van der Waals surface area contributed by atoms with Crippen molar-refractivity contribution in [3.05, 3.63) is 71.3 Å². The molecule has 1 N–H and O–H groups in total. The lowest BCUT2D eigenvalue weighted by Gasteiger charge is -2.19. The Morgan fingerprint density at radius 2 is 2.00 bits per heavy atom. The van der Waals surface area contributed by atoms with Crippen LogP contribution in [0.4, 0.5) is 0 Å². The molecule has 100 valence electrons. The van der Waals surface area contributed by atoms with Gasteiger partial charge in [0.25, 0.3) is 0 Å². The monoisotopic (exact) mass is 283 g/mol. The molecule has 0 radical (unpaired) electrons. The fourth-order valence-electron chi connectivity index (χ4n) is 2.44. The summed E-state index contributed by atoms with van der Waals surface area (Å²) in [6.45, 7) is 0. The largest absolute Gasteiger partial charge is 0.308 e. The summed E-state index contributed by atoms with van der Waals surface area (Å²) in [6, 6.07) is 11.8. The second-order valence-corrected chi connectivity index (χ2v) is 4.94. The van der Waals surface area contributed by atoms with Crippen molar-refractivity contribution in [1.29, 1.82) is 0 Å². The summed E-state index contributed by atoms with van der Waals surface area (Å²) in [7, 11) is 1.91. The molecule has 1 atom stereocenters. The normalized spacial score (nSPS) is 12.5. The average molecular weight is 284 g/mol. The van der Waals surface area contributed by atoms with Gasteiger partial charge in [0.15, 0.2) is 0 Å². The van der Waals surface area contributed by atoms with Crippen LogP contribution in [0.15, 0.2) is 55.0 Å². The molecule has 3 nitrogen and oxygen atoms in total. The van der Waals surface area contributed by atoms with Crippen LogP contribution in [0.25, 0.3) is 10.8 Å². The molecule has 4 heteroatoms. The molecule has 0 spiro atoms. The predicted octanol–water partition coefficient (Wildman–Crippen LogP) is 3.59. The number of hydrogen-bond acceptors (Lipinski definition) is 3. The first-order valence-electron chi connectivity index (χ1n) is 6.41. The third kappa shape index (κ3) is 2.26. The Labute approximate surface area is 122 Å². The minimum atomic E-state index is -0.0587. The Bertz CT molecular complexity index is 737. The zero-order valence-corrected chi connectivity index (χ0v) is 11.8. The number of hydrogen-bond donors (Lipinski definition) is 1. The van der Waals surface area contributed by atoms with E-state index in [9.17, 15) is 0 Å². The van der Waals surface area contributed by atoms with Crippen LogP contribution >= 0.6 is 11.6 Å². The summed E-state index contributed by atoms with van der Waals surface area (Å²) in [4.78, 5) is 8.64. The lowest BCUT2D eigenvalue weighted by Crippen LogP contribution is -2.19. The van der Waals surface area contributed by atoms with Crippen molar-refractivity contribution in [3.8, 4) is 0 Å². The lowest BCUT2D eigenvalue weighted by molar-refractivity contribution is 0.676. The zero-order valence-electron chi connectivity index (χ0n) is 11.0. The molecule has 0 amide bonds. The van der Waals surface area contributed by atoms with Gasteiger partial charge in [0, 0.05) is 24.0 Å². The Hall–Kier alpha value is -1.97. The van der Waals surface area contributed by atoms with E-state index >= 15 is 0 Å². The molecular formula is C16H14ClN3. The van der Waals surface area contributed by atoms with Crippen LogP contribution in [-0.2, 0) is 0 Å². The Morgan fingerprint density at radius 1 is 1.10 bits per heavy atom. The van der Waals surface area contributed by atoms with E-state index in [0.29, 0.717) is 5.02 Å². The first kappa shape index (κ1) is 13.0. The smallest absolute Gasteiger partial charge is 0.0804 e. The molecule has 0 bridgehead atoms. The van der Waals surface area contributed by atoms with E-state index in [-0.39, 0.29) is 6.04 Å². The summed E-state index contributed by atoms with van der Waals surface area (Å²) < 4.78 is 0. The van der Waals surface area contributed by atoms with E-state index in [1.165, 1.54) is 0 Å². The van der Waals surface area contributed by atoms with E-state index in [0.717, 1.165) is 22.0 Å². The zero-order chi connectivity index (χ0) is 13.9. The SMILES string of the molecule is CNC(c1ncccc1Cl)c1cccc2ccncc12. The fraction of sp³-hybridized carbons (Fsp3) is 0.125. The van der Waals surface area contributed by atoms with Crippen molar-refractivity contribution in [2.24, 2.45) is 0 Å². The molecule has 3 aromatic rings. The molecule has 2 heterocycles. The minimum absolute atomic E-state index is 0.0587. The number of nitrogens with zero attached hydrogens (tertiary/aromatic N) is 2. The standard InChI is InChI=1S/C16H14ClN3/c1-18-15(16-14(17)6-3-8-20-16)12-5-2-4-11-7-9-19-10-13(11)12/h2-10,15,18H,1H3. The van der Waals surface area contributed by atoms with E-state index < -0.39 is 0 Å². The number of aromatic nitrogens is 2. The molecular weight excluding hydrogens is 270 g/mol. The maximum Gasteiger partial charge on any atom is 0.0804 e. The molecule has 0 saturated heterocycles. The summed E-state index contributed by atoms with van der Waals surface area (Å²) in [5.74, 6) is 0. The van der Waals surface area contributed by atoms with Gasteiger partial charge in [0.2, 0.25) is 0 Å². The van der Waals surface area contributed by atoms with Crippen LogP contribution in [0, 0.1) is 0 Å². The molecule has 0 saturated carbocycles. The summed E-state index contributed by atoms with van der Waals surface area (Å²) in [6.07, 6.45) is 5.44. The van der Waals surface area contributed by atoms with Crippen molar-refractivity contribution >= 4 is 22.4 Å². The maximum atomic E-state index is 6.28. The van der Waals surface area contributed by atoms with Crippen LogP contribution in [-0.4, -0.2) is 17.0 Å². The van der Waals surface area contributed by atoms with E-state index in [2.05, 4.69) is 27.4 Å². The number of fused-ring (bicyclic) bond motifs is 1. The quantitative estimate of drug-likeness (QED) is 0.798. The van der Waals surface area contributed by atoms with E-state index in [4.69, 9.17) is 11.6 Å². The molecule has 0 aliphatic carbocycles. The molecule has 0 aliphatic rings. The topological polar surface area (TPSA) is 37.8 Å². The predicted molar refractivity (Wildman–Crippen MR) is 81.9 cm³/mol. The number of halogens is 1. The van der Waals surface area contributed by atoms with Gasteiger partial charge in [-0.25, -0.2) is 0 Å². The lowest BCUT2D eigenvalue weighted by atomic mass is 9.97. The highest BCUT2D eigenvalue weighted by molar-refractivity contribution is 6.31. The summed E-state index contributed by atoms with van der Waals surface area (Å²) in [5.41, 5.74) is 1.95.